The van der Waals surface area contributed by atoms with E-state index >= 15 is 0 Å². The monoisotopic (exact) mass is 452 g/mol. The molecule has 5 nitrogen and oxygen atoms in total. The number of piperidine rings is 1. The highest BCUT2D eigenvalue weighted by molar-refractivity contribution is 7.98. The van der Waals surface area contributed by atoms with Crippen molar-refractivity contribution in [1.82, 2.24) is 9.62 Å². The Morgan fingerprint density at radius 2 is 1.72 bits per heavy atom. The fourth-order valence-electron chi connectivity index (χ4n) is 3.29. The van der Waals surface area contributed by atoms with Crippen molar-refractivity contribution in [1.29, 1.82) is 0 Å². The second-order valence-electron chi connectivity index (χ2n) is 6.93. The van der Waals surface area contributed by atoms with E-state index < -0.39 is 10.0 Å². The number of nitrogens with zero attached hydrogens (tertiary/aromatic N) is 1. The van der Waals surface area contributed by atoms with Gasteiger partial charge in [0, 0.05) is 42.1 Å². The van der Waals surface area contributed by atoms with Crippen molar-refractivity contribution in [2.24, 2.45) is 5.92 Å². The van der Waals surface area contributed by atoms with Crippen LogP contribution in [-0.4, -0.2) is 44.0 Å². The van der Waals surface area contributed by atoms with Crippen molar-refractivity contribution in [3.05, 3.63) is 65.2 Å². The van der Waals surface area contributed by atoms with E-state index in [1.165, 1.54) is 4.31 Å². The number of nitrogens with one attached hydrogen (secondary N) is 1. The van der Waals surface area contributed by atoms with Crippen LogP contribution in [0.4, 0.5) is 0 Å². The first-order chi connectivity index (χ1) is 14.0. The number of benzene rings is 2. The molecule has 1 aliphatic rings. The van der Waals surface area contributed by atoms with Crippen LogP contribution in [0.25, 0.3) is 0 Å². The molecule has 8 heteroatoms. The van der Waals surface area contributed by atoms with Gasteiger partial charge in [0.05, 0.1) is 4.90 Å². The first-order valence-corrected chi connectivity index (χ1v) is 12.6. The van der Waals surface area contributed by atoms with Crippen LogP contribution in [0.5, 0.6) is 0 Å². The van der Waals surface area contributed by atoms with Crippen molar-refractivity contribution in [2.45, 2.75) is 23.5 Å². The lowest BCUT2D eigenvalue weighted by Gasteiger charge is -2.30. The first-order valence-electron chi connectivity index (χ1n) is 9.62. The Morgan fingerprint density at radius 1 is 1.07 bits per heavy atom. The Bertz CT molecular complexity index is 915. The summed E-state index contributed by atoms with van der Waals surface area (Å²) < 4.78 is 26.8. The number of sulfonamides is 1. The van der Waals surface area contributed by atoms with Gasteiger partial charge in [-0.25, -0.2) is 8.42 Å². The van der Waals surface area contributed by atoms with Crippen LogP contribution in [0.1, 0.15) is 18.4 Å². The number of thioether (sulfide) groups is 1. The van der Waals surface area contributed by atoms with E-state index in [1.54, 1.807) is 42.1 Å². The largest absolute Gasteiger partial charge is 0.355 e. The van der Waals surface area contributed by atoms with Crippen molar-refractivity contribution in [3.8, 4) is 0 Å². The molecule has 1 amide bonds. The van der Waals surface area contributed by atoms with Crippen LogP contribution in [-0.2, 0) is 20.6 Å². The molecule has 2 aromatic carbocycles. The van der Waals surface area contributed by atoms with E-state index in [-0.39, 0.29) is 11.8 Å². The minimum absolute atomic E-state index is 0.0140. The molecule has 156 valence electrons. The zero-order valence-corrected chi connectivity index (χ0v) is 18.5. The topological polar surface area (TPSA) is 66.5 Å². The SMILES string of the molecule is O=C(NCCSCc1ccccc1Cl)C1CCN(S(=O)(=O)c2ccccc2)CC1. The molecule has 29 heavy (non-hydrogen) atoms. The minimum Gasteiger partial charge on any atom is -0.355 e. The van der Waals surface area contributed by atoms with E-state index in [0.717, 1.165) is 22.1 Å². The van der Waals surface area contributed by atoms with Crippen molar-refractivity contribution >= 4 is 39.3 Å². The van der Waals surface area contributed by atoms with Gasteiger partial charge in [0.15, 0.2) is 0 Å². The normalized spacial score (nSPS) is 15.9. The van der Waals surface area contributed by atoms with E-state index in [2.05, 4.69) is 5.32 Å². The molecule has 1 N–H and O–H groups in total. The Morgan fingerprint density at radius 3 is 2.41 bits per heavy atom. The standard InChI is InChI=1S/C21H25ClN2O3S2/c22-20-9-5-4-6-18(20)16-28-15-12-23-21(25)17-10-13-24(14-11-17)29(26,27)19-7-2-1-3-8-19/h1-9,17H,10-16H2,(H,23,25). The fourth-order valence-corrected chi connectivity index (χ4v) is 5.92. The molecule has 0 aliphatic carbocycles. The molecule has 0 unspecified atom stereocenters. The number of hydrogen-bond donors (Lipinski definition) is 1. The van der Waals surface area contributed by atoms with Gasteiger partial charge in [0.1, 0.15) is 0 Å². The summed E-state index contributed by atoms with van der Waals surface area (Å²) in [6.45, 7) is 1.34. The summed E-state index contributed by atoms with van der Waals surface area (Å²) in [5.74, 6) is 1.50. The Balaban J connectivity index is 1.38. The van der Waals surface area contributed by atoms with Gasteiger partial charge in [-0.1, -0.05) is 48.0 Å². The van der Waals surface area contributed by atoms with Crippen LogP contribution in [0, 0.1) is 5.92 Å². The average molecular weight is 453 g/mol. The van der Waals surface area contributed by atoms with Gasteiger partial charge in [-0.15, -0.1) is 0 Å². The predicted octanol–water partition coefficient (Wildman–Crippen LogP) is 3.79. The molecule has 0 bridgehead atoms. The number of amides is 1. The van der Waals surface area contributed by atoms with Gasteiger partial charge in [0.2, 0.25) is 15.9 Å². The van der Waals surface area contributed by atoms with E-state index in [1.807, 2.05) is 24.3 Å². The molecule has 0 radical (unpaired) electrons. The maximum absolute atomic E-state index is 12.7. The summed E-state index contributed by atoms with van der Waals surface area (Å²) in [4.78, 5) is 12.7. The maximum atomic E-state index is 12.7. The smallest absolute Gasteiger partial charge is 0.243 e. The highest BCUT2D eigenvalue weighted by Gasteiger charge is 2.31. The van der Waals surface area contributed by atoms with Crippen LogP contribution >= 0.6 is 23.4 Å². The van der Waals surface area contributed by atoms with Crippen molar-refractivity contribution in [2.75, 3.05) is 25.4 Å². The van der Waals surface area contributed by atoms with Gasteiger partial charge < -0.3 is 5.32 Å². The molecule has 0 saturated carbocycles. The number of rotatable bonds is 8. The van der Waals surface area contributed by atoms with E-state index in [4.69, 9.17) is 11.6 Å². The molecular formula is C21H25ClN2O3S2. The van der Waals surface area contributed by atoms with Gasteiger partial charge in [0.25, 0.3) is 0 Å². The molecule has 1 aliphatic heterocycles. The zero-order chi connectivity index (χ0) is 20.7. The number of halogens is 1. The number of carbonyl (C=O) groups excluding carboxylic acids is 1. The lowest BCUT2D eigenvalue weighted by atomic mass is 9.97. The van der Waals surface area contributed by atoms with E-state index in [9.17, 15) is 13.2 Å². The highest BCUT2D eigenvalue weighted by atomic mass is 35.5. The molecule has 2 aromatic rings. The van der Waals surface area contributed by atoms with Crippen LogP contribution in [0.3, 0.4) is 0 Å². The van der Waals surface area contributed by atoms with Gasteiger partial charge >= 0.3 is 0 Å². The fraction of sp³-hybridized carbons (Fsp3) is 0.381. The molecule has 1 heterocycles. The second kappa shape index (κ2) is 10.5. The number of carbonyl (C=O) groups is 1. The summed E-state index contributed by atoms with van der Waals surface area (Å²) >= 11 is 7.87. The molecular weight excluding hydrogens is 428 g/mol. The third-order valence-corrected chi connectivity index (χ3v) is 8.26. The summed E-state index contributed by atoms with van der Waals surface area (Å²) in [5.41, 5.74) is 1.09. The van der Waals surface area contributed by atoms with Gasteiger partial charge in [-0.05, 0) is 36.6 Å². The molecule has 1 fully saturated rings. The highest BCUT2D eigenvalue weighted by Crippen LogP contribution is 2.24. The van der Waals surface area contributed by atoms with Gasteiger partial charge in [-0.3, -0.25) is 4.79 Å². The third-order valence-electron chi connectivity index (χ3n) is 4.97. The first kappa shape index (κ1) is 22.2. The second-order valence-corrected chi connectivity index (χ2v) is 10.4. The van der Waals surface area contributed by atoms with Crippen molar-refractivity contribution < 1.29 is 13.2 Å². The Kier molecular flexibility index (Phi) is 8.00. The van der Waals surface area contributed by atoms with Crippen molar-refractivity contribution in [3.63, 3.8) is 0 Å². The lowest BCUT2D eigenvalue weighted by Crippen LogP contribution is -2.43. The molecule has 0 aromatic heterocycles. The summed E-state index contributed by atoms with van der Waals surface area (Å²) in [5, 5.41) is 3.74. The van der Waals surface area contributed by atoms with Crippen LogP contribution < -0.4 is 5.32 Å². The zero-order valence-electron chi connectivity index (χ0n) is 16.1. The maximum Gasteiger partial charge on any atom is 0.243 e. The Hall–Kier alpha value is -1.54. The minimum atomic E-state index is -3.48. The van der Waals surface area contributed by atoms with Gasteiger partial charge in [-0.2, -0.15) is 16.1 Å². The van der Waals surface area contributed by atoms with Crippen LogP contribution in [0.2, 0.25) is 5.02 Å². The summed E-state index contributed by atoms with van der Waals surface area (Å²) in [7, 11) is -3.48. The quantitative estimate of drug-likeness (QED) is 0.619. The van der Waals surface area contributed by atoms with Crippen LogP contribution in [0.15, 0.2) is 59.5 Å². The number of hydrogen-bond acceptors (Lipinski definition) is 4. The third kappa shape index (κ3) is 5.98. The molecule has 0 spiro atoms. The summed E-state index contributed by atoms with van der Waals surface area (Å²) in [6, 6.07) is 16.2. The van der Waals surface area contributed by atoms with E-state index in [0.29, 0.717) is 37.4 Å². The molecule has 0 atom stereocenters. The average Bonchev–Trinajstić information content (AvgIpc) is 2.75. The predicted molar refractivity (Wildman–Crippen MR) is 119 cm³/mol. The Labute approximate surface area is 181 Å². The lowest BCUT2D eigenvalue weighted by molar-refractivity contribution is -0.125. The summed E-state index contributed by atoms with van der Waals surface area (Å²) in [6.07, 6.45) is 1.09. The molecule has 3 rings (SSSR count). The molecule has 1 saturated heterocycles.